The van der Waals surface area contributed by atoms with Gasteiger partial charge in [0.25, 0.3) is 5.91 Å². The third-order valence-electron chi connectivity index (χ3n) is 4.50. The lowest BCUT2D eigenvalue weighted by Crippen LogP contribution is -2.32. The van der Waals surface area contributed by atoms with Gasteiger partial charge in [-0.15, -0.1) is 10.2 Å². The molecule has 0 atom stereocenters. The summed E-state index contributed by atoms with van der Waals surface area (Å²) in [6.07, 6.45) is 3.70. The fraction of sp³-hybridized carbons (Fsp3) is 0.500. The molecule has 1 saturated heterocycles. The van der Waals surface area contributed by atoms with Gasteiger partial charge in [0.2, 0.25) is 15.2 Å². The highest BCUT2D eigenvalue weighted by Crippen LogP contribution is 2.30. The molecule has 1 aliphatic heterocycles. The highest BCUT2D eigenvalue weighted by atomic mass is 32.2. The Morgan fingerprint density at radius 3 is 2.62 bits per heavy atom. The van der Waals surface area contributed by atoms with Crippen LogP contribution in [-0.2, 0) is 10.0 Å². The van der Waals surface area contributed by atoms with Crippen LogP contribution in [0.5, 0.6) is 5.75 Å². The van der Waals surface area contributed by atoms with E-state index in [1.165, 1.54) is 46.6 Å². The normalized spacial score (nSPS) is 15.7. The second kappa shape index (κ2) is 9.88. The van der Waals surface area contributed by atoms with Crippen molar-refractivity contribution in [3.05, 3.63) is 23.8 Å². The molecular weight excluding hydrogens is 432 g/mol. The van der Waals surface area contributed by atoms with E-state index in [2.05, 4.69) is 15.5 Å². The number of hydrogen-bond acceptors (Lipinski definition) is 8. The van der Waals surface area contributed by atoms with Crippen LogP contribution in [0.2, 0.25) is 0 Å². The smallest absolute Gasteiger partial charge is 0.257 e. The summed E-state index contributed by atoms with van der Waals surface area (Å²) in [6, 6.07) is 4.42. The van der Waals surface area contributed by atoms with Crippen LogP contribution < -0.4 is 10.1 Å². The number of nitrogens with one attached hydrogen (secondary N) is 1. The summed E-state index contributed by atoms with van der Waals surface area (Å²) in [6.45, 7) is 2.96. The van der Waals surface area contributed by atoms with Crippen molar-refractivity contribution < 1.29 is 17.9 Å². The molecule has 2 aromatic rings. The summed E-state index contributed by atoms with van der Waals surface area (Å²) in [7, 11) is -2.34. The van der Waals surface area contributed by atoms with Gasteiger partial charge in [0.15, 0.2) is 4.34 Å². The first-order valence-corrected chi connectivity index (χ1v) is 12.7. The predicted molar refractivity (Wildman–Crippen MR) is 114 cm³/mol. The molecule has 1 fully saturated rings. The van der Waals surface area contributed by atoms with Crippen LogP contribution in [-0.4, -0.2) is 54.8 Å². The number of nitrogens with zero attached hydrogens (tertiary/aromatic N) is 3. The number of rotatable bonds is 7. The Morgan fingerprint density at radius 1 is 1.24 bits per heavy atom. The number of benzene rings is 1. The number of ether oxygens (including phenoxy) is 1. The average Bonchev–Trinajstić information content (AvgIpc) is 2.97. The minimum Gasteiger partial charge on any atom is -0.495 e. The number of carbonyl (C=O) groups is 1. The molecule has 8 nitrogen and oxygen atoms in total. The first kappa shape index (κ1) is 22.0. The van der Waals surface area contributed by atoms with Gasteiger partial charge >= 0.3 is 0 Å². The monoisotopic (exact) mass is 456 g/mol. The number of sulfonamides is 1. The second-order valence-electron chi connectivity index (χ2n) is 6.44. The van der Waals surface area contributed by atoms with E-state index in [4.69, 9.17) is 4.74 Å². The molecule has 0 unspecified atom stereocenters. The lowest BCUT2D eigenvalue weighted by molar-refractivity contribution is 0.102. The highest BCUT2D eigenvalue weighted by molar-refractivity contribution is 8.01. The van der Waals surface area contributed by atoms with Crippen LogP contribution in [0, 0.1) is 0 Å². The zero-order valence-corrected chi connectivity index (χ0v) is 18.8. The molecule has 1 aromatic heterocycles. The lowest BCUT2D eigenvalue weighted by Gasteiger charge is -2.21. The summed E-state index contributed by atoms with van der Waals surface area (Å²) in [5.41, 5.74) is 0.221. The molecule has 1 amide bonds. The van der Waals surface area contributed by atoms with Gasteiger partial charge in [-0.1, -0.05) is 42.9 Å². The first-order valence-electron chi connectivity index (χ1n) is 9.41. The van der Waals surface area contributed by atoms with E-state index in [9.17, 15) is 13.2 Å². The summed E-state index contributed by atoms with van der Waals surface area (Å²) >= 11 is 2.82. The van der Waals surface area contributed by atoms with Gasteiger partial charge in [0.05, 0.1) is 7.11 Å². The molecule has 158 valence electrons. The van der Waals surface area contributed by atoms with E-state index in [1.807, 2.05) is 6.92 Å². The molecule has 0 spiro atoms. The molecular formula is C18H24N4O4S3. The van der Waals surface area contributed by atoms with Crippen molar-refractivity contribution in [1.29, 1.82) is 0 Å². The van der Waals surface area contributed by atoms with Gasteiger partial charge < -0.3 is 4.74 Å². The van der Waals surface area contributed by atoms with Gasteiger partial charge in [-0.3, -0.25) is 10.1 Å². The van der Waals surface area contributed by atoms with E-state index in [0.29, 0.717) is 18.2 Å². The summed E-state index contributed by atoms with van der Waals surface area (Å²) in [5.74, 6) is 0.645. The van der Waals surface area contributed by atoms with Gasteiger partial charge in [-0.25, -0.2) is 8.42 Å². The molecule has 3 rings (SSSR count). The zero-order chi connectivity index (χ0) is 20.9. The van der Waals surface area contributed by atoms with E-state index in [-0.39, 0.29) is 16.2 Å². The molecule has 1 aromatic carbocycles. The van der Waals surface area contributed by atoms with Crippen molar-refractivity contribution in [2.45, 2.75) is 41.8 Å². The summed E-state index contributed by atoms with van der Waals surface area (Å²) < 4.78 is 34.0. The maximum absolute atomic E-state index is 13.2. The number of aromatic nitrogens is 2. The van der Waals surface area contributed by atoms with Crippen LogP contribution in [0.1, 0.15) is 43.0 Å². The molecule has 29 heavy (non-hydrogen) atoms. The van der Waals surface area contributed by atoms with E-state index in [0.717, 1.165) is 35.8 Å². The predicted octanol–water partition coefficient (Wildman–Crippen LogP) is 3.48. The van der Waals surface area contributed by atoms with E-state index < -0.39 is 15.9 Å². The summed E-state index contributed by atoms with van der Waals surface area (Å²) in [4.78, 5) is 12.7. The van der Waals surface area contributed by atoms with Crippen molar-refractivity contribution in [2.24, 2.45) is 0 Å². The van der Waals surface area contributed by atoms with Crippen molar-refractivity contribution >= 4 is 44.2 Å². The van der Waals surface area contributed by atoms with Crippen LogP contribution in [0.15, 0.2) is 27.4 Å². The van der Waals surface area contributed by atoms with Crippen molar-refractivity contribution in [2.75, 3.05) is 31.3 Å². The van der Waals surface area contributed by atoms with Crippen molar-refractivity contribution in [3.63, 3.8) is 0 Å². The molecule has 1 N–H and O–H groups in total. The van der Waals surface area contributed by atoms with Crippen LogP contribution in [0.25, 0.3) is 0 Å². The maximum atomic E-state index is 13.2. The van der Waals surface area contributed by atoms with Gasteiger partial charge in [0.1, 0.15) is 10.6 Å². The number of thioether (sulfide) groups is 1. The number of methoxy groups -OCH3 is 1. The molecule has 0 aliphatic carbocycles. The molecule has 2 heterocycles. The summed E-state index contributed by atoms with van der Waals surface area (Å²) in [5, 5.41) is 11.0. The SMILES string of the molecule is CCSc1nnc(NC(=O)c2ccc(OC)c(S(=O)(=O)N3CCCCCC3)c2)s1. The first-order chi connectivity index (χ1) is 14.0. The average molecular weight is 457 g/mol. The van der Waals surface area contributed by atoms with Crippen LogP contribution in [0.4, 0.5) is 5.13 Å². The fourth-order valence-corrected chi connectivity index (χ4v) is 6.39. The number of hydrogen-bond donors (Lipinski definition) is 1. The van der Waals surface area contributed by atoms with Gasteiger partial charge in [-0.2, -0.15) is 4.31 Å². The molecule has 1 aliphatic rings. The standard InChI is InChI=1S/C18H24N4O4S3/c1-3-27-18-21-20-17(28-18)19-16(23)13-8-9-14(26-2)15(12-13)29(24,25)22-10-6-4-5-7-11-22/h8-9,12H,3-7,10-11H2,1-2H3,(H,19,20,23). The number of carbonyl (C=O) groups excluding carboxylic acids is 1. The van der Waals surface area contributed by atoms with Gasteiger partial charge in [-0.05, 0) is 36.8 Å². The number of amides is 1. The third kappa shape index (κ3) is 5.27. The van der Waals surface area contributed by atoms with Crippen molar-refractivity contribution in [1.82, 2.24) is 14.5 Å². The minimum absolute atomic E-state index is 0.00837. The van der Waals surface area contributed by atoms with Crippen molar-refractivity contribution in [3.8, 4) is 5.75 Å². The Hall–Kier alpha value is -1.69. The third-order valence-corrected chi connectivity index (χ3v) is 8.28. The van der Waals surface area contributed by atoms with Gasteiger partial charge in [0, 0.05) is 18.7 Å². The molecule has 11 heteroatoms. The zero-order valence-electron chi connectivity index (χ0n) is 16.4. The quantitative estimate of drug-likeness (QED) is 0.503. The maximum Gasteiger partial charge on any atom is 0.257 e. The van der Waals surface area contributed by atoms with E-state index in [1.54, 1.807) is 6.07 Å². The molecule has 0 bridgehead atoms. The Balaban J connectivity index is 1.86. The molecule has 0 radical (unpaired) electrons. The van der Waals surface area contributed by atoms with Crippen LogP contribution in [0.3, 0.4) is 0 Å². The largest absolute Gasteiger partial charge is 0.495 e. The fourth-order valence-electron chi connectivity index (χ4n) is 3.05. The Morgan fingerprint density at radius 2 is 1.97 bits per heavy atom. The van der Waals surface area contributed by atoms with Crippen LogP contribution >= 0.6 is 23.1 Å². The minimum atomic E-state index is -3.76. The Labute approximate surface area is 179 Å². The Kier molecular flexibility index (Phi) is 7.49. The highest BCUT2D eigenvalue weighted by Gasteiger charge is 2.29. The second-order valence-corrected chi connectivity index (χ2v) is 10.8. The topological polar surface area (TPSA) is 101 Å². The Bertz CT molecular complexity index is 954. The molecule has 0 saturated carbocycles. The lowest BCUT2D eigenvalue weighted by atomic mass is 10.2. The van der Waals surface area contributed by atoms with E-state index >= 15 is 0 Å². The number of anilines is 1.